The Kier molecular flexibility index (Phi) is 7.43. The maximum Gasteiger partial charge on any atom is 0.203 e. The minimum Gasteiger partial charge on any atom is -0.416 e. The fourth-order valence-electron chi connectivity index (χ4n) is 1.53. The summed E-state index contributed by atoms with van der Waals surface area (Å²) >= 11 is 0. The normalized spacial score (nSPS) is 10.9. The highest BCUT2D eigenvalue weighted by molar-refractivity contribution is 6.75. The molecule has 0 heterocycles. The maximum absolute atomic E-state index is 6.03. The molecule has 0 saturated carbocycles. The molecule has 1 nitrogen and oxygen atoms in total. The number of allylic oxidation sites excluding steroid dienone is 3. The summed E-state index contributed by atoms with van der Waals surface area (Å²) in [4.78, 5) is 0. The van der Waals surface area contributed by atoms with Crippen LogP contribution in [0.2, 0.25) is 18.1 Å². The first-order chi connectivity index (χ1) is 6.74. The molecular weight excluding hydrogens is 188 g/mol. The summed E-state index contributed by atoms with van der Waals surface area (Å²) in [6.45, 7) is 14.4. The molecule has 0 radical (unpaired) electrons. The lowest BCUT2D eigenvalue weighted by Gasteiger charge is -2.28. The van der Waals surface area contributed by atoms with Crippen LogP contribution in [0.15, 0.2) is 38.0 Å². The van der Waals surface area contributed by atoms with Gasteiger partial charge in [-0.25, -0.2) is 0 Å². The van der Waals surface area contributed by atoms with Gasteiger partial charge in [0, 0.05) is 6.61 Å². The average Bonchev–Trinajstić information content (AvgIpc) is 2.16. The summed E-state index contributed by atoms with van der Waals surface area (Å²) < 4.78 is 6.03. The van der Waals surface area contributed by atoms with Gasteiger partial charge in [0.05, 0.1) is 0 Å². The van der Waals surface area contributed by atoms with Crippen LogP contribution >= 0.6 is 0 Å². The van der Waals surface area contributed by atoms with Crippen LogP contribution in [0.4, 0.5) is 0 Å². The van der Waals surface area contributed by atoms with Gasteiger partial charge in [-0.2, -0.15) is 0 Å². The van der Waals surface area contributed by atoms with E-state index in [1.807, 2.05) is 18.2 Å². The van der Waals surface area contributed by atoms with Crippen molar-refractivity contribution in [3.05, 3.63) is 38.0 Å². The predicted molar refractivity (Wildman–Crippen MR) is 67.0 cm³/mol. The van der Waals surface area contributed by atoms with Crippen LogP contribution in [0, 0.1) is 0 Å². The molecule has 80 valence electrons. The molecule has 0 aliphatic rings. The summed E-state index contributed by atoms with van der Waals surface area (Å²) in [7, 11) is -1.67. The molecule has 0 fully saturated rings. The Morgan fingerprint density at radius 1 is 1.00 bits per heavy atom. The molecule has 0 amide bonds. The van der Waals surface area contributed by atoms with Gasteiger partial charge in [-0.1, -0.05) is 25.2 Å². The first kappa shape index (κ1) is 13.4. The Labute approximate surface area is 89.3 Å². The van der Waals surface area contributed by atoms with Gasteiger partial charge in [-0.05, 0) is 24.6 Å². The highest BCUT2D eigenvalue weighted by Crippen LogP contribution is 2.24. The van der Waals surface area contributed by atoms with Crippen molar-refractivity contribution >= 4 is 8.32 Å². The van der Waals surface area contributed by atoms with Crippen molar-refractivity contribution in [1.82, 2.24) is 0 Å². The predicted octanol–water partition coefficient (Wildman–Crippen LogP) is 3.92. The van der Waals surface area contributed by atoms with Crippen LogP contribution in [-0.4, -0.2) is 14.9 Å². The molecular formula is C12H22OSi. The second-order valence-electron chi connectivity index (χ2n) is 3.51. The second-order valence-corrected chi connectivity index (χ2v) is 7.39. The Balaban J connectivity index is 4.43. The Hall–Kier alpha value is -0.603. The fraction of sp³-hybridized carbons (Fsp3) is 0.500. The highest BCUT2D eigenvalue weighted by atomic mass is 28.4. The van der Waals surface area contributed by atoms with Gasteiger partial charge < -0.3 is 4.43 Å². The van der Waals surface area contributed by atoms with Crippen molar-refractivity contribution in [3.63, 3.8) is 0 Å². The zero-order valence-electron chi connectivity index (χ0n) is 9.30. The van der Waals surface area contributed by atoms with E-state index >= 15 is 0 Å². The molecule has 0 aromatic heterocycles. The van der Waals surface area contributed by atoms with Crippen molar-refractivity contribution in [3.8, 4) is 0 Å². The van der Waals surface area contributed by atoms with Crippen LogP contribution in [0.25, 0.3) is 0 Å². The Morgan fingerprint density at radius 2 is 1.43 bits per heavy atom. The highest BCUT2D eigenvalue weighted by Gasteiger charge is 2.30. The third kappa shape index (κ3) is 4.58. The van der Waals surface area contributed by atoms with Crippen molar-refractivity contribution in [2.24, 2.45) is 0 Å². The third-order valence-electron chi connectivity index (χ3n) is 2.16. The molecule has 0 saturated heterocycles. The van der Waals surface area contributed by atoms with E-state index in [0.29, 0.717) is 0 Å². The molecule has 0 aliphatic carbocycles. The average molecular weight is 210 g/mol. The summed E-state index contributed by atoms with van der Waals surface area (Å²) in [6.07, 6.45) is 6.97. The van der Waals surface area contributed by atoms with Gasteiger partial charge in [-0.15, -0.1) is 19.7 Å². The van der Waals surface area contributed by atoms with E-state index in [0.717, 1.165) is 31.2 Å². The van der Waals surface area contributed by atoms with Crippen molar-refractivity contribution in [2.75, 3.05) is 6.61 Å². The monoisotopic (exact) mass is 210 g/mol. The van der Waals surface area contributed by atoms with Crippen molar-refractivity contribution in [2.45, 2.75) is 31.5 Å². The molecule has 2 heteroatoms. The maximum atomic E-state index is 6.03. The topological polar surface area (TPSA) is 9.23 Å². The summed E-state index contributed by atoms with van der Waals surface area (Å²) in [5.41, 5.74) is 0. The van der Waals surface area contributed by atoms with Gasteiger partial charge in [0.1, 0.15) is 0 Å². The van der Waals surface area contributed by atoms with E-state index in [1.165, 1.54) is 0 Å². The number of hydrogen-bond acceptors (Lipinski definition) is 1. The Morgan fingerprint density at radius 3 is 1.71 bits per heavy atom. The minimum absolute atomic E-state index is 0.849. The molecule has 0 unspecified atom stereocenters. The van der Waals surface area contributed by atoms with Crippen LogP contribution in [0.1, 0.15) is 13.3 Å². The Bertz CT molecular complexity index is 160. The number of rotatable bonds is 9. The summed E-state index contributed by atoms with van der Waals surface area (Å²) in [5, 5.41) is 0. The van der Waals surface area contributed by atoms with Crippen molar-refractivity contribution < 1.29 is 4.43 Å². The van der Waals surface area contributed by atoms with E-state index in [9.17, 15) is 0 Å². The smallest absolute Gasteiger partial charge is 0.203 e. The lowest BCUT2D eigenvalue weighted by Crippen LogP contribution is -2.36. The number of hydrogen-bond donors (Lipinski definition) is 0. The van der Waals surface area contributed by atoms with Crippen LogP contribution in [-0.2, 0) is 4.43 Å². The summed E-state index contributed by atoms with van der Waals surface area (Å²) in [5.74, 6) is 0. The van der Waals surface area contributed by atoms with Crippen molar-refractivity contribution in [1.29, 1.82) is 0 Å². The SMILES string of the molecule is C=CC[Si](CC=C)(CC=C)OCCC. The van der Waals surface area contributed by atoms with Crippen LogP contribution in [0.3, 0.4) is 0 Å². The van der Waals surface area contributed by atoms with Crippen LogP contribution in [0.5, 0.6) is 0 Å². The van der Waals surface area contributed by atoms with E-state index in [1.54, 1.807) is 0 Å². The zero-order valence-corrected chi connectivity index (χ0v) is 10.3. The first-order valence-corrected chi connectivity index (χ1v) is 7.74. The van der Waals surface area contributed by atoms with Gasteiger partial charge in [0.25, 0.3) is 0 Å². The van der Waals surface area contributed by atoms with Gasteiger partial charge in [0.15, 0.2) is 0 Å². The van der Waals surface area contributed by atoms with Gasteiger partial charge in [-0.3, -0.25) is 0 Å². The lowest BCUT2D eigenvalue weighted by molar-refractivity contribution is 0.303. The lowest BCUT2D eigenvalue weighted by atomic mass is 10.5. The molecule has 0 spiro atoms. The molecule has 0 rings (SSSR count). The minimum atomic E-state index is -1.67. The quantitative estimate of drug-likeness (QED) is 0.414. The fourth-order valence-corrected chi connectivity index (χ4v) is 4.60. The van der Waals surface area contributed by atoms with E-state index in [4.69, 9.17) is 4.43 Å². The third-order valence-corrected chi connectivity index (χ3v) is 6.08. The van der Waals surface area contributed by atoms with Gasteiger partial charge in [0.2, 0.25) is 8.32 Å². The first-order valence-electron chi connectivity index (χ1n) is 5.21. The van der Waals surface area contributed by atoms with E-state index in [2.05, 4.69) is 26.7 Å². The molecule has 0 aliphatic heterocycles. The molecule has 0 bridgehead atoms. The van der Waals surface area contributed by atoms with E-state index in [-0.39, 0.29) is 0 Å². The second kappa shape index (κ2) is 7.77. The molecule has 0 atom stereocenters. The van der Waals surface area contributed by atoms with Crippen LogP contribution < -0.4 is 0 Å². The molecule has 14 heavy (non-hydrogen) atoms. The molecule has 0 N–H and O–H groups in total. The van der Waals surface area contributed by atoms with Gasteiger partial charge >= 0.3 is 0 Å². The van der Waals surface area contributed by atoms with E-state index < -0.39 is 8.32 Å². The standard InChI is InChI=1S/C12H22OSi/c1-5-9-13-14(10-6-2,11-7-3)12-8-4/h6-8H,2-5,9-12H2,1H3. The molecule has 0 aromatic rings. The zero-order chi connectivity index (χ0) is 10.9. The summed E-state index contributed by atoms with van der Waals surface area (Å²) in [6, 6.07) is 2.97. The molecule has 0 aromatic carbocycles. The largest absolute Gasteiger partial charge is 0.416 e.